The van der Waals surface area contributed by atoms with Crippen LogP contribution in [0, 0.1) is 0 Å². The third kappa shape index (κ3) is 3.63. The number of nitrogens with zero attached hydrogens (tertiary/aromatic N) is 3. The SMILES string of the molecule is CC(=O)Cc1nn(-c2ccccc2)c[n+]1CC(=O)c1ccccc1. The molecule has 0 aliphatic rings. The van der Waals surface area contributed by atoms with Gasteiger partial charge in [0.25, 0.3) is 5.82 Å². The van der Waals surface area contributed by atoms with Crippen LogP contribution in [0.1, 0.15) is 23.1 Å². The molecule has 5 heteroatoms. The Bertz CT molecular complexity index is 855. The summed E-state index contributed by atoms with van der Waals surface area (Å²) in [6.45, 7) is 1.67. The zero-order valence-electron chi connectivity index (χ0n) is 13.4. The summed E-state index contributed by atoms with van der Waals surface area (Å²) in [7, 11) is 0. The zero-order valence-corrected chi connectivity index (χ0v) is 13.4. The van der Waals surface area contributed by atoms with Gasteiger partial charge < -0.3 is 0 Å². The Hall–Kier alpha value is -3.08. The first-order valence-electron chi connectivity index (χ1n) is 7.74. The number of hydrogen-bond acceptors (Lipinski definition) is 3. The van der Waals surface area contributed by atoms with Gasteiger partial charge in [0.2, 0.25) is 6.33 Å². The van der Waals surface area contributed by atoms with Gasteiger partial charge in [0.05, 0.1) is 6.42 Å². The summed E-state index contributed by atoms with van der Waals surface area (Å²) in [6.07, 6.45) is 1.95. The summed E-state index contributed by atoms with van der Waals surface area (Å²) in [5.41, 5.74) is 1.53. The highest BCUT2D eigenvalue weighted by atomic mass is 16.1. The van der Waals surface area contributed by atoms with E-state index in [0.29, 0.717) is 11.4 Å². The van der Waals surface area contributed by atoms with E-state index in [1.54, 1.807) is 27.7 Å². The number of Topliss-reactive ketones (excluding diaryl/α,β-unsaturated/α-hetero) is 2. The Morgan fingerprint density at radius 1 is 1.00 bits per heavy atom. The first-order chi connectivity index (χ1) is 11.6. The fourth-order valence-corrected chi connectivity index (χ4v) is 2.47. The lowest BCUT2D eigenvalue weighted by Gasteiger charge is -2.00. The van der Waals surface area contributed by atoms with Gasteiger partial charge in [-0.2, -0.15) is 0 Å². The van der Waals surface area contributed by atoms with Gasteiger partial charge in [-0.3, -0.25) is 9.59 Å². The lowest BCUT2D eigenvalue weighted by Crippen LogP contribution is -2.40. The summed E-state index contributed by atoms with van der Waals surface area (Å²) < 4.78 is 3.43. The standard InChI is InChI=1S/C19H18N3O2/c1-15(23)12-19-20-22(17-10-6-3-7-11-17)14-21(19)13-18(24)16-8-4-2-5-9-16/h2-11,14H,12-13H2,1H3/q+1. The van der Waals surface area contributed by atoms with Gasteiger partial charge in [-0.1, -0.05) is 53.2 Å². The van der Waals surface area contributed by atoms with E-state index in [-0.39, 0.29) is 24.5 Å². The summed E-state index contributed by atoms with van der Waals surface area (Å²) in [4.78, 5) is 24.0. The molecule has 0 atom stereocenters. The van der Waals surface area contributed by atoms with Crippen LogP contribution in [0.25, 0.3) is 5.69 Å². The molecule has 0 N–H and O–H groups in total. The number of aromatic nitrogens is 3. The molecule has 5 nitrogen and oxygen atoms in total. The molecule has 0 bridgehead atoms. The molecule has 0 spiro atoms. The van der Waals surface area contributed by atoms with E-state index in [9.17, 15) is 9.59 Å². The Morgan fingerprint density at radius 3 is 2.25 bits per heavy atom. The van der Waals surface area contributed by atoms with E-state index in [1.165, 1.54) is 6.92 Å². The molecule has 3 rings (SSSR count). The highest BCUT2D eigenvalue weighted by Crippen LogP contribution is 2.06. The third-order valence-corrected chi connectivity index (χ3v) is 3.64. The number of ketones is 2. The Morgan fingerprint density at radius 2 is 1.62 bits per heavy atom. The summed E-state index contributed by atoms with van der Waals surface area (Å²) in [6, 6.07) is 18.7. The fraction of sp³-hybridized carbons (Fsp3) is 0.158. The normalized spacial score (nSPS) is 10.5. The van der Waals surface area contributed by atoms with Gasteiger partial charge in [-0.05, 0) is 19.1 Å². The van der Waals surface area contributed by atoms with E-state index < -0.39 is 0 Å². The van der Waals surface area contributed by atoms with Gasteiger partial charge in [0, 0.05) is 10.7 Å². The van der Waals surface area contributed by atoms with E-state index >= 15 is 0 Å². The molecule has 2 aromatic carbocycles. The zero-order chi connectivity index (χ0) is 16.9. The molecule has 120 valence electrons. The van der Waals surface area contributed by atoms with Crippen molar-refractivity contribution in [2.24, 2.45) is 0 Å². The minimum atomic E-state index is -0.0157. The first kappa shape index (κ1) is 15.8. The second-order valence-electron chi connectivity index (χ2n) is 5.61. The van der Waals surface area contributed by atoms with Crippen molar-refractivity contribution in [2.75, 3.05) is 0 Å². The number of carbonyl (C=O) groups excluding carboxylic acids is 2. The lowest BCUT2D eigenvalue weighted by atomic mass is 10.1. The topological polar surface area (TPSA) is 55.8 Å². The van der Waals surface area contributed by atoms with E-state index in [0.717, 1.165) is 5.69 Å². The van der Waals surface area contributed by atoms with Crippen LogP contribution in [0.3, 0.4) is 0 Å². The van der Waals surface area contributed by atoms with Crippen molar-refractivity contribution in [1.82, 2.24) is 9.78 Å². The fourth-order valence-electron chi connectivity index (χ4n) is 2.47. The minimum absolute atomic E-state index is 0.00854. The second kappa shape index (κ2) is 7.00. The molecule has 0 fully saturated rings. The maximum absolute atomic E-state index is 12.5. The largest absolute Gasteiger partial charge is 0.299 e. The predicted molar refractivity (Wildman–Crippen MR) is 88.9 cm³/mol. The van der Waals surface area contributed by atoms with Crippen molar-refractivity contribution in [3.63, 3.8) is 0 Å². The Balaban J connectivity index is 1.92. The molecule has 0 aliphatic carbocycles. The molecule has 0 amide bonds. The molecule has 0 radical (unpaired) electrons. The third-order valence-electron chi connectivity index (χ3n) is 3.64. The van der Waals surface area contributed by atoms with Crippen LogP contribution in [-0.2, 0) is 17.8 Å². The van der Waals surface area contributed by atoms with E-state index in [2.05, 4.69) is 5.10 Å². The average molecular weight is 320 g/mol. The van der Waals surface area contributed by atoms with Crippen LogP contribution in [0.15, 0.2) is 67.0 Å². The quantitative estimate of drug-likeness (QED) is 0.517. The lowest BCUT2D eigenvalue weighted by molar-refractivity contribution is -0.690. The highest BCUT2D eigenvalue weighted by Gasteiger charge is 2.22. The maximum atomic E-state index is 12.5. The maximum Gasteiger partial charge on any atom is 0.285 e. The Kier molecular flexibility index (Phi) is 4.61. The number of benzene rings is 2. The van der Waals surface area contributed by atoms with Crippen LogP contribution in [0.2, 0.25) is 0 Å². The molecule has 0 saturated carbocycles. The molecule has 1 heterocycles. The van der Waals surface area contributed by atoms with E-state index in [1.807, 2.05) is 48.5 Å². The van der Waals surface area contributed by atoms with Crippen LogP contribution < -0.4 is 4.57 Å². The second-order valence-corrected chi connectivity index (χ2v) is 5.61. The van der Waals surface area contributed by atoms with E-state index in [4.69, 9.17) is 0 Å². The summed E-state index contributed by atoms with van der Waals surface area (Å²) >= 11 is 0. The molecule has 1 aromatic heterocycles. The molecule has 0 saturated heterocycles. The van der Waals surface area contributed by atoms with Crippen LogP contribution in [0.4, 0.5) is 0 Å². The minimum Gasteiger partial charge on any atom is -0.299 e. The number of rotatable bonds is 6. The molecular weight excluding hydrogens is 302 g/mol. The monoisotopic (exact) mass is 320 g/mol. The Labute approximate surface area is 140 Å². The van der Waals surface area contributed by atoms with Gasteiger partial charge in [-0.15, -0.1) is 0 Å². The van der Waals surface area contributed by atoms with Crippen molar-refractivity contribution in [2.45, 2.75) is 19.9 Å². The highest BCUT2D eigenvalue weighted by molar-refractivity contribution is 5.95. The summed E-state index contributed by atoms with van der Waals surface area (Å²) in [5.74, 6) is 0.572. The van der Waals surface area contributed by atoms with Crippen molar-refractivity contribution >= 4 is 11.6 Å². The summed E-state index contributed by atoms with van der Waals surface area (Å²) in [5, 5.41) is 4.47. The number of para-hydroxylation sites is 1. The first-order valence-corrected chi connectivity index (χ1v) is 7.74. The van der Waals surface area contributed by atoms with Crippen molar-refractivity contribution < 1.29 is 14.2 Å². The van der Waals surface area contributed by atoms with Crippen molar-refractivity contribution in [1.29, 1.82) is 0 Å². The molecule has 24 heavy (non-hydrogen) atoms. The van der Waals surface area contributed by atoms with Crippen LogP contribution in [0.5, 0.6) is 0 Å². The van der Waals surface area contributed by atoms with Crippen LogP contribution >= 0.6 is 0 Å². The van der Waals surface area contributed by atoms with Crippen molar-refractivity contribution in [3.8, 4) is 5.69 Å². The average Bonchev–Trinajstić information content (AvgIpc) is 2.98. The van der Waals surface area contributed by atoms with Crippen LogP contribution in [-0.4, -0.2) is 21.3 Å². The van der Waals surface area contributed by atoms with Gasteiger partial charge >= 0.3 is 0 Å². The van der Waals surface area contributed by atoms with Crippen molar-refractivity contribution in [3.05, 3.63) is 78.4 Å². The van der Waals surface area contributed by atoms with Gasteiger partial charge in [-0.25, -0.2) is 4.57 Å². The number of hydrogen-bond donors (Lipinski definition) is 0. The molecule has 0 unspecified atom stereocenters. The smallest absolute Gasteiger partial charge is 0.285 e. The van der Waals surface area contributed by atoms with Gasteiger partial charge in [0.1, 0.15) is 18.0 Å². The number of carbonyl (C=O) groups is 2. The molecule has 3 aromatic rings. The predicted octanol–water partition coefficient (Wildman–Crippen LogP) is 2.17. The molecule has 0 aliphatic heterocycles. The van der Waals surface area contributed by atoms with Gasteiger partial charge in [0.15, 0.2) is 5.78 Å². The molecular formula is C19H18N3O2+.